The topological polar surface area (TPSA) is 190 Å². The second-order valence-electron chi connectivity index (χ2n) is 4.26. The van der Waals surface area contributed by atoms with Gasteiger partial charge >= 0.3 is 29.9 Å². The molecule has 14 heteroatoms. The Morgan fingerprint density at radius 2 is 0.920 bits per heavy atom. The first-order valence-electron chi connectivity index (χ1n) is 6.09. The van der Waals surface area contributed by atoms with Crippen molar-refractivity contribution in [3.63, 3.8) is 0 Å². The second kappa shape index (κ2) is 17.9. The maximum Gasteiger partial charge on any atom is 0.326 e. The number of amides is 2. The SMILES string of the molecule is O=C(O)CCC(NC(=O)NC(CCC(=O)O)C(=O)O)C(=O)O.[Y].[Y].[Y]. The van der Waals surface area contributed by atoms with E-state index in [1.54, 1.807) is 0 Å². The van der Waals surface area contributed by atoms with E-state index in [9.17, 15) is 24.0 Å². The molecular formula is C11H16N2O9Y3. The summed E-state index contributed by atoms with van der Waals surface area (Å²) in [5.41, 5.74) is 0. The summed E-state index contributed by atoms with van der Waals surface area (Å²) in [6.07, 6.45) is -1.77. The van der Waals surface area contributed by atoms with E-state index in [-0.39, 0.29) is 111 Å². The second-order valence-corrected chi connectivity index (χ2v) is 4.26. The Labute approximate surface area is 218 Å². The number of carbonyl (C=O) groups is 5. The van der Waals surface area contributed by atoms with E-state index in [1.165, 1.54) is 0 Å². The van der Waals surface area contributed by atoms with Crippen molar-refractivity contribution in [2.24, 2.45) is 0 Å². The molecule has 0 heterocycles. The Kier molecular flexibility index (Phi) is 23.6. The number of carboxylic acid groups (broad SMARTS) is 4. The van der Waals surface area contributed by atoms with Gasteiger partial charge in [0.05, 0.1) is 0 Å². The van der Waals surface area contributed by atoms with Gasteiger partial charge in [0.2, 0.25) is 0 Å². The molecular weight excluding hydrogens is 571 g/mol. The van der Waals surface area contributed by atoms with Gasteiger partial charge in [-0.1, -0.05) is 0 Å². The van der Waals surface area contributed by atoms with E-state index in [0.29, 0.717) is 0 Å². The molecule has 0 saturated carbocycles. The van der Waals surface area contributed by atoms with Crippen molar-refractivity contribution in [1.82, 2.24) is 10.6 Å². The molecule has 0 aromatic rings. The number of aliphatic carboxylic acids is 4. The number of rotatable bonds is 10. The van der Waals surface area contributed by atoms with E-state index >= 15 is 0 Å². The number of hydrogen-bond donors (Lipinski definition) is 6. The van der Waals surface area contributed by atoms with Gasteiger partial charge in [0.1, 0.15) is 12.1 Å². The summed E-state index contributed by atoms with van der Waals surface area (Å²) >= 11 is 0. The van der Waals surface area contributed by atoms with Crippen LogP contribution in [0.5, 0.6) is 0 Å². The Hall–Kier alpha value is 0.462. The Balaban J connectivity index is -0.000000735. The molecule has 133 valence electrons. The molecule has 2 unspecified atom stereocenters. The van der Waals surface area contributed by atoms with Crippen molar-refractivity contribution >= 4 is 29.9 Å². The fourth-order valence-electron chi connectivity index (χ4n) is 1.41. The third-order valence-corrected chi connectivity index (χ3v) is 2.50. The molecule has 0 rings (SSSR count). The first-order chi connectivity index (χ1) is 10.1. The number of carbonyl (C=O) groups excluding carboxylic acids is 1. The van der Waals surface area contributed by atoms with Crippen LogP contribution in [-0.4, -0.2) is 62.4 Å². The van der Waals surface area contributed by atoms with Crippen molar-refractivity contribution in [3.8, 4) is 0 Å². The zero-order chi connectivity index (χ0) is 17.3. The molecule has 0 saturated heterocycles. The van der Waals surface area contributed by atoms with Gasteiger partial charge in [-0.3, -0.25) is 9.59 Å². The van der Waals surface area contributed by atoms with Crippen LogP contribution in [0.4, 0.5) is 4.79 Å². The quantitative estimate of drug-likeness (QED) is 0.185. The predicted octanol–water partition coefficient (Wildman–Crippen LogP) is -1.09. The van der Waals surface area contributed by atoms with Crippen LogP contribution in [0, 0.1) is 0 Å². The van der Waals surface area contributed by atoms with E-state index in [4.69, 9.17) is 20.4 Å². The molecule has 0 aromatic carbocycles. The summed E-state index contributed by atoms with van der Waals surface area (Å²) in [5.74, 6) is -5.46. The monoisotopic (exact) mass is 587 g/mol. The van der Waals surface area contributed by atoms with E-state index in [2.05, 4.69) is 0 Å². The Morgan fingerprint density at radius 3 is 1.12 bits per heavy atom. The fourth-order valence-corrected chi connectivity index (χ4v) is 1.41. The number of hydrogen-bond acceptors (Lipinski definition) is 5. The first kappa shape index (κ1) is 33.1. The van der Waals surface area contributed by atoms with Crippen molar-refractivity contribution in [2.75, 3.05) is 0 Å². The van der Waals surface area contributed by atoms with Gasteiger partial charge in [-0.05, 0) is 12.8 Å². The van der Waals surface area contributed by atoms with Gasteiger partial charge in [0, 0.05) is 111 Å². The average Bonchev–Trinajstić information content (AvgIpc) is 2.38. The summed E-state index contributed by atoms with van der Waals surface area (Å²) in [4.78, 5) is 54.0. The van der Waals surface area contributed by atoms with Gasteiger partial charge in [-0.15, -0.1) is 0 Å². The van der Waals surface area contributed by atoms with E-state index in [0.717, 1.165) is 0 Å². The smallest absolute Gasteiger partial charge is 0.326 e. The summed E-state index contributed by atoms with van der Waals surface area (Å²) in [6, 6.07) is -4.16. The van der Waals surface area contributed by atoms with Crippen LogP contribution in [0.25, 0.3) is 0 Å². The first-order valence-corrected chi connectivity index (χ1v) is 6.09. The standard InChI is InChI=1S/C11H16N2O9.3Y/c14-7(15)3-1-5(9(18)19)12-11(22)13-6(10(20)21)2-4-8(16)17;;;/h5-6H,1-4H2,(H,14,15)(H,16,17)(H,18,19)(H,20,21)(H2,12,13,22);;;. The van der Waals surface area contributed by atoms with Crippen LogP contribution in [0.15, 0.2) is 0 Å². The summed E-state index contributed by atoms with van der Waals surface area (Å²) < 4.78 is 0. The maximum absolute atomic E-state index is 11.5. The molecule has 0 aromatic heterocycles. The van der Waals surface area contributed by atoms with Crippen LogP contribution in [-0.2, 0) is 117 Å². The van der Waals surface area contributed by atoms with Crippen molar-refractivity contribution in [2.45, 2.75) is 37.8 Å². The van der Waals surface area contributed by atoms with Gasteiger partial charge in [-0.2, -0.15) is 0 Å². The van der Waals surface area contributed by atoms with Crippen LogP contribution in [0.3, 0.4) is 0 Å². The average molecular weight is 587 g/mol. The predicted molar refractivity (Wildman–Crippen MR) is 68.3 cm³/mol. The normalized spacial score (nSPS) is 11.2. The maximum atomic E-state index is 11.5. The third-order valence-electron chi connectivity index (χ3n) is 2.50. The molecule has 25 heavy (non-hydrogen) atoms. The van der Waals surface area contributed by atoms with Crippen molar-refractivity contribution in [3.05, 3.63) is 0 Å². The largest absolute Gasteiger partial charge is 0.481 e. The van der Waals surface area contributed by atoms with Crippen LogP contribution in [0.2, 0.25) is 0 Å². The molecule has 0 bridgehead atoms. The zero-order valence-corrected chi connectivity index (χ0v) is 21.6. The minimum atomic E-state index is -1.51. The Morgan fingerprint density at radius 1 is 0.640 bits per heavy atom. The molecule has 0 aliphatic rings. The van der Waals surface area contributed by atoms with Gasteiger partial charge in [-0.25, -0.2) is 14.4 Å². The third kappa shape index (κ3) is 17.6. The molecule has 0 aliphatic heterocycles. The van der Waals surface area contributed by atoms with Crippen molar-refractivity contribution < 1.29 is 143 Å². The molecule has 2 atom stereocenters. The van der Waals surface area contributed by atoms with Crippen molar-refractivity contribution in [1.29, 1.82) is 0 Å². The zero-order valence-electron chi connectivity index (χ0n) is 13.0. The molecule has 0 fully saturated rings. The van der Waals surface area contributed by atoms with Crippen LogP contribution < -0.4 is 10.6 Å². The molecule has 11 nitrogen and oxygen atoms in total. The minimum Gasteiger partial charge on any atom is -0.481 e. The summed E-state index contributed by atoms with van der Waals surface area (Å²) in [7, 11) is 0. The number of carboxylic acids is 4. The van der Waals surface area contributed by atoms with Crippen LogP contribution in [0.1, 0.15) is 25.7 Å². The molecule has 3 radical (unpaired) electrons. The van der Waals surface area contributed by atoms with Gasteiger partial charge in [0.15, 0.2) is 0 Å². The van der Waals surface area contributed by atoms with Crippen LogP contribution >= 0.6 is 0 Å². The molecule has 0 spiro atoms. The fraction of sp³-hybridized carbons (Fsp3) is 0.545. The molecule has 6 N–H and O–H groups in total. The van der Waals surface area contributed by atoms with E-state index in [1.807, 2.05) is 10.6 Å². The molecule has 2 amide bonds. The van der Waals surface area contributed by atoms with Gasteiger partial charge in [0.25, 0.3) is 0 Å². The number of nitrogens with one attached hydrogen (secondary N) is 2. The van der Waals surface area contributed by atoms with E-state index < -0.39 is 54.8 Å². The molecule has 0 aliphatic carbocycles. The summed E-state index contributed by atoms with van der Waals surface area (Å²) in [5, 5.41) is 38.4. The van der Waals surface area contributed by atoms with Gasteiger partial charge < -0.3 is 31.1 Å². The minimum absolute atomic E-state index is 0. The summed E-state index contributed by atoms with van der Waals surface area (Å²) in [6.45, 7) is 0. The number of urea groups is 1. The Bertz CT molecular complexity index is 436.